The first kappa shape index (κ1) is 21.4. The first-order valence-corrected chi connectivity index (χ1v) is 11.2. The van der Waals surface area contributed by atoms with Gasteiger partial charge in [0.2, 0.25) is 5.91 Å². The van der Waals surface area contributed by atoms with E-state index in [0.29, 0.717) is 41.6 Å². The Morgan fingerprint density at radius 1 is 1.30 bits per heavy atom. The van der Waals surface area contributed by atoms with Gasteiger partial charge in [0.25, 0.3) is 0 Å². The maximum absolute atomic E-state index is 11.5. The van der Waals surface area contributed by atoms with Gasteiger partial charge in [0.05, 0.1) is 6.04 Å². The summed E-state index contributed by atoms with van der Waals surface area (Å²) in [7, 11) is 0. The van der Waals surface area contributed by atoms with E-state index in [1.54, 1.807) is 26.2 Å². The molecule has 1 saturated heterocycles. The molecule has 0 spiro atoms. The second-order valence-corrected chi connectivity index (χ2v) is 8.86. The Morgan fingerprint density at radius 3 is 2.67 bits per heavy atom. The highest BCUT2D eigenvalue weighted by Gasteiger charge is 2.55. The van der Waals surface area contributed by atoms with Gasteiger partial charge in [0.15, 0.2) is 5.76 Å². The number of piperidine rings is 1. The van der Waals surface area contributed by atoms with E-state index >= 15 is 0 Å². The third-order valence-corrected chi connectivity index (χ3v) is 6.69. The van der Waals surface area contributed by atoms with E-state index in [1.165, 1.54) is 0 Å². The molecule has 3 heterocycles. The van der Waals surface area contributed by atoms with Crippen molar-refractivity contribution in [3.63, 3.8) is 0 Å². The molecule has 5 atom stereocenters. The first-order valence-electron chi connectivity index (χ1n) is 11.2. The molecule has 170 valence electrons. The van der Waals surface area contributed by atoms with Crippen molar-refractivity contribution >= 4 is 5.91 Å². The monoisotopic (exact) mass is 445 g/mol. The zero-order valence-corrected chi connectivity index (χ0v) is 18.7. The molecule has 1 amide bonds. The number of nitrogens with two attached hydrogens (primary N) is 1. The van der Waals surface area contributed by atoms with Crippen LogP contribution in [0.15, 0.2) is 47.2 Å². The number of amides is 1. The van der Waals surface area contributed by atoms with Crippen LogP contribution in [0, 0.1) is 29.6 Å². The molecule has 1 saturated carbocycles. The van der Waals surface area contributed by atoms with Crippen molar-refractivity contribution in [1.82, 2.24) is 19.6 Å². The lowest BCUT2D eigenvalue weighted by atomic mass is 10.1. The van der Waals surface area contributed by atoms with Crippen molar-refractivity contribution in [2.75, 3.05) is 19.6 Å². The predicted octanol–water partition coefficient (Wildman–Crippen LogP) is 2.22. The topological polar surface area (TPSA) is 110 Å². The summed E-state index contributed by atoms with van der Waals surface area (Å²) in [5, 5.41) is 14.2. The Bertz CT molecular complexity index is 1200. The number of hydrogen-bond donors (Lipinski definition) is 2. The van der Waals surface area contributed by atoms with E-state index in [9.17, 15) is 9.90 Å². The minimum atomic E-state index is -0.711. The zero-order valence-electron chi connectivity index (χ0n) is 18.7. The van der Waals surface area contributed by atoms with Crippen molar-refractivity contribution < 1.29 is 14.4 Å². The highest BCUT2D eigenvalue weighted by molar-refractivity contribution is 5.74. The van der Waals surface area contributed by atoms with Gasteiger partial charge in [0, 0.05) is 62.1 Å². The van der Waals surface area contributed by atoms with E-state index in [-0.39, 0.29) is 11.9 Å². The molecule has 1 unspecified atom stereocenters. The summed E-state index contributed by atoms with van der Waals surface area (Å²) < 4.78 is 7.42. The minimum absolute atomic E-state index is 0.159. The lowest BCUT2D eigenvalue weighted by Crippen LogP contribution is -2.28. The largest absolute Gasteiger partial charge is 0.385 e. The lowest BCUT2D eigenvalue weighted by Gasteiger charge is -2.17. The normalized spacial score (nSPS) is 22.9. The Kier molecular flexibility index (Phi) is 5.52. The van der Waals surface area contributed by atoms with Crippen molar-refractivity contribution in [2.24, 2.45) is 23.5 Å². The number of hydrogen-bond acceptors (Lipinski definition) is 6. The summed E-state index contributed by atoms with van der Waals surface area (Å²) in [5.74, 6) is 9.47. The van der Waals surface area contributed by atoms with Crippen LogP contribution in [-0.4, -0.2) is 50.3 Å². The molecule has 0 bridgehead atoms. The van der Waals surface area contributed by atoms with Gasteiger partial charge in [-0.05, 0) is 43.0 Å². The number of fused-ring (bicyclic) bond motifs is 1. The number of imidazole rings is 1. The molecule has 2 fully saturated rings. The molecule has 8 heteroatoms. The van der Waals surface area contributed by atoms with Crippen LogP contribution in [0.4, 0.5) is 0 Å². The number of aliphatic hydroxyl groups is 1. The molecular formula is C25H27N5O3. The second-order valence-electron chi connectivity index (χ2n) is 8.86. The number of aromatic nitrogens is 3. The highest BCUT2D eigenvalue weighted by atomic mass is 16.5. The third-order valence-electron chi connectivity index (χ3n) is 6.69. The average molecular weight is 446 g/mol. The molecule has 3 aromatic rings. The maximum Gasteiger partial charge on any atom is 0.219 e. The summed E-state index contributed by atoms with van der Waals surface area (Å²) >= 11 is 0. The molecular weight excluding hydrogens is 418 g/mol. The van der Waals surface area contributed by atoms with Gasteiger partial charge in [-0.3, -0.25) is 4.79 Å². The zero-order chi connectivity index (χ0) is 23.1. The molecule has 5 rings (SSSR count). The number of aliphatic hydroxyl groups excluding tert-OH is 1. The fraction of sp³-hybridized carbons (Fsp3) is 0.400. The summed E-state index contributed by atoms with van der Waals surface area (Å²) in [4.78, 5) is 17.6. The van der Waals surface area contributed by atoms with Gasteiger partial charge < -0.3 is 24.8 Å². The van der Waals surface area contributed by atoms with Crippen LogP contribution in [0.5, 0.6) is 0 Å². The first-order chi connectivity index (χ1) is 16.0. The second kappa shape index (κ2) is 8.50. The SMILES string of the molecule is CC(=O)N1C[C@@H]2[C@@H](C#Cc3ccc(-c4cc(C(CN)n5ccnc5[C@H](C)O)no4)cc3)[C@@H]2C1. The van der Waals surface area contributed by atoms with Crippen molar-refractivity contribution in [2.45, 2.75) is 26.0 Å². The Labute approximate surface area is 192 Å². The number of likely N-dealkylation sites (tertiary alicyclic amines) is 1. The van der Waals surface area contributed by atoms with E-state index in [2.05, 4.69) is 22.0 Å². The minimum Gasteiger partial charge on any atom is -0.385 e. The number of nitrogens with zero attached hydrogens (tertiary/aromatic N) is 4. The Morgan fingerprint density at radius 2 is 2.03 bits per heavy atom. The van der Waals surface area contributed by atoms with Gasteiger partial charge in [-0.15, -0.1) is 0 Å². The molecule has 33 heavy (non-hydrogen) atoms. The van der Waals surface area contributed by atoms with E-state index in [4.69, 9.17) is 10.3 Å². The summed E-state index contributed by atoms with van der Waals surface area (Å²) in [6, 6.07) is 9.48. The van der Waals surface area contributed by atoms with Crippen LogP contribution in [0.3, 0.4) is 0 Å². The molecule has 8 nitrogen and oxygen atoms in total. The van der Waals surface area contributed by atoms with Crippen LogP contribution in [-0.2, 0) is 4.79 Å². The molecule has 1 aliphatic carbocycles. The number of rotatable bonds is 5. The molecule has 0 radical (unpaired) electrons. The quantitative estimate of drug-likeness (QED) is 0.583. The van der Waals surface area contributed by atoms with Crippen LogP contribution < -0.4 is 5.73 Å². The summed E-state index contributed by atoms with van der Waals surface area (Å²) in [6.45, 7) is 5.28. The fourth-order valence-corrected chi connectivity index (χ4v) is 4.75. The summed E-state index contributed by atoms with van der Waals surface area (Å²) in [6.07, 6.45) is 2.71. The van der Waals surface area contributed by atoms with Crippen LogP contribution >= 0.6 is 0 Å². The van der Waals surface area contributed by atoms with Crippen molar-refractivity contribution in [3.8, 4) is 23.2 Å². The highest BCUT2D eigenvalue weighted by Crippen LogP contribution is 2.51. The Balaban J connectivity index is 1.27. The van der Waals surface area contributed by atoms with Crippen LogP contribution in [0.2, 0.25) is 0 Å². The molecule has 2 aliphatic rings. The molecule has 3 N–H and O–H groups in total. The van der Waals surface area contributed by atoms with Gasteiger partial charge in [-0.2, -0.15) is 0 Å². The van der Waals surface area contributed by atoms with E-state index < -0.39 is 6.10 Å². The van der Waals surface area contributed by atoms with Gasteiger partial charge >= 0.3 is 0 Å². The molecule has 2 aromatic heterocycles. The van der Waals surface area contributed by atoms with Gasteiger partial charge in [-0.1, -0.05) is 17.0 Å². The lowest BCUT2D eigenvalue weighted by molar-refractivity contribution is -0.128. The maximum atomic E-state index is 11.5. The predicted molar refractivity (Wildman–Crippen MR) is 122 cm³/mol. The van der Waals surface area contributed by atoms with Crippen molar-refractivity contribution in [1.29, 1.82) is 0 Å². The van der Waals surface area contributed by atoms with E-state index in [1.807, 2.05) is 39.8 Å². The average Bonchev–Trinajstić information content (AvgIpc) is 3.32. The third kappa shape index (κ3) is 4.06. The van der Waals surface area contributed by atoms with Gasteiger partial charge in [-0.25, -0.2) is 4.98 Å². The summed E-state index contributed by atoms with van der Waals surface area (Å²) in [5.41, 5.74) is 8.53. The fourth-order valence-electron chi connectivity index (χ4n) is 4.75. The van der Waals surface area contributed by atoms with Crippen molar-refractivity contribution in [3.05, 3.63) is 59.8 Å². The number of carbonyl (C=O) groups is 1. The standard InChI is InChI=1S/C25H27N5O3/c1-15(31)25-27-9-10-30(25)23(12-26)22-11-24(33-28-22)18-6-3-17(4-7-18)5-8-19-20-13-29(16(2)32)14-21(19)20/h3-4,6-7,9-11,15,19-21,23,31H,12-14,26H2,1-2H3/t15-,19-,20-,21+,23?/m0/s1. The smallest absolute Gasteiger partial charge is 0.219 e. The molecule has 1 aromatic carbocycles. The van der Waals surface area contributed by atoms with E-state index in [0.717, 1.165) is 24.2 Å². The van der Waals surface area contributed by atoms with Gasteiger partial charge in [0.1, 0.15) is 17.6 Å². The number of carbonyl (C=O) groups excluding carboxylic acids is 1. The van der Waals surface area contributed by atoms with Crippen LogP contribution in [0.1, 0.15) is 43.1 Å². The molecule has 1 aliphatic heterocycles. The van der Waals surface area contributed by atoms with Crippen LogP contribution in [0.25, 0.3) is 11.3 Å². The number of benzene rings is 1. The Hall–Kier alpha value is -3.41.